The van der Waals surface area contributed by atoms with Gasteiger partial charge in [-0.1, -0.05) is 37.6 Å². The topological polar surface area (TPSA) is 15.3 Å². The second-order valence-electron chi connectivity index (χ2n) is 6.43. The second-order valence-corrected chi connectivity index (χ2v) is 6.86. The molecular weight excluding hydrogens is 256 g/mol. The molecule has 2 rings (SSSR count). The number of rotatable bonds is 4. The van der Waals surface area contributed by atoms with Crippen LogP contribution in [0.15, 0.2) is 24.3 Å². The quantitative estimate of drug-likeness (QED) is 0.907. The van der Waals surface area contributed by atoms with E-state index in [1.807, 2.05) is 12.1 Å². The van der Waals surface area contributed by atoms with Crippen molar-refractivity contribution in [3.8, 4) is 0 Å². The summed E-state index contributed by atoms with van der Waals surface area (Å²) < 4.78 is 0. The number of nitrogens with zero attached hydrogens (tertiary/aromatic N) is 1. The van der Waals surface area contributed by atoms with Gasteiger partial charge in [0, 0.05) is 24.2 Å². The van der Waals surface area contributed by atoms with Crippen LogP contribution in [0.2, 0.25) is 5.02 Å². The zero-order valence-electron chi connectivity index (χ0n) is 12.2. The number of hydrogen-bond acceptors (Lipinski definition) is 2. The smallest absolute Gasteiger partial charge is 0.0409 e. The fourth-order valence-corrected chi connectivity index (χ4v) is 3.12. The van der Waals surface area contributed by atoms with E-state index in [1.54, 1.807) is 0 Å². The van der Waals surface area contributed by atoms with Crippen LogP contribution in [-0.4, -0.2) is 31.1 Å². The van der Waals surface area contributed by atoms with Crippen molar-refractivity contribution in [2.45, 2.75) is 39.3 Å². The molecule has 1 aromatic rings. The van der Waals surface area contributed by atoms with E-state index in [1.165, 1.54) is 18.4 Å². The van der Waals surface area contributed by atoms with Crippen LogP contribution in [0.1, 0.15) is 32.3 Å². The zero-order chi connectivity index (χ0) is 13.9. The van der Waals surface area contributed by atoms with Gasteiger partial charge in [-0.2, -0.15) is 0 Å². The summed E-state index contributed by atoms with van der Waals surface area (Å²) in [4.78, 5) is 2.39. The Labute approximate surface area is 122 Å². The molecule has 0 amide bonds. The first kappa shape index (κ1) is 14.8. The fourth-order valence-electron chi connectivity index (χ4n) is 2.91. The molecule has 0 aromatic heterocycles. The fraction of sp³-hybridized carbons (Fsp3) is 0.625. The van der Waals surface area contributed by atoms with Gasteiger partial charge in [0.2, 0.25) is 0 Å². The van der Waals surface area contributed by atoms with Crippen molar-refractivity contribution in [1.82, 2.24) is 10.2 Å². The van der Waals surface area contributed by atoms with Gasteiger partial charge in [-0.05, 0) is 49.5 Å². The van der Waals surface area contributed by atoms with Crippen LogP contribution in [0, 0.1) is 5.41 Å². The predicted molar refractivity (Wildman–Crippen MR) is 82.6 cm³/mol. The summed E-state index contributed by atoms with van der Waals surface area (Å²) in [6.45, 7) is 7.93. The van der Waals surface area contributed by atoms with Crippen LogP contribution in [0.3, 0.4) is 0 Å². The summed E-state index contributed by atoms with van der Waals surface area (Å²) in [5.74, 6) is 0. The maximum Gasteiger partial charge on any atom is 0.0409 e. The molecule has 3 heteroatoms. The first-order valence-electron chi connectivity index (χ1n) is 7.14. The van der Waals surface area contributed by atoms with Gasteiger partial charge in [0.1, 0.15) is 0 Å². The summed E-state index contributed by atoms with van der Waals surface area (Å²) in [7, 11) is 2.19. The normalized spacial score (nSPS) is 22.7. The van der Waals surface area contributed by atoms with Gasteiger partial charge >= 0.3 is 0 Å². The van der Waals surface area contributed by atoms with Crippen LogP contribution >= 0.6 is 11.6 Å². The highest BCUT2D eigenvalue weighted by Gasteiger charge is 2.32. The molecule has 1 aromatic carbocycles. The highest BCUT2D eigenvalue weighted by Crippen LogP contribution is 2.30. The Morgan fingerprint density at radius 2 is 2.21 bits per heavy atom. The molecule has 1 atom stereocenters. The maximum absolute atomic E-state index is 6.03. The molecule has 0 bridgehead atoms. The second kappa shape index (κ2) is 6.25. The lowest BCUT2D eigenvalue weighted by atomic mass is 9.77. The minimum atomic E-state index is 0.390. The molecule has 1 heterocycles. The lowest BCUT2D eigenvalue weighted by molar-refractivity contribution is 0.136. The minimum Gasteiger partial charge on any atom is -0.312 e. The summed E-state index contributed by atoms with van der Waals surface area (Å²) in [6, 6.07) is 8.72. The number of halogens is 1. The first-order valence-corrected chi connectivity index (χ1v) is 7.51. The Balaban J connectivity index is 1.92. The minimum absolute atomic E-state index is 0.390. The molecule has 0 spiro atoms. The van der Waals surface area contributed by atoms with Crippen molar-refractivity contribution in [2.24, 2.45) is 5.41 Å². The van der Waals surface area contributed by atoms with E-state index in [-0.39, 0.29) is 0 Å². The monoisotopic (exact) mass is 280 g/mol. The SMILES string of the molecule is CN(Cc1cccc(Cl)c1)CC1NCCCC1(C)C. The average Bonchev–Trinajstić information content (AvgIpc) is 2.32. The number of benzene rings is 1. The third kappa shape index (κ3) is 4.20. The van der Waals surface area contributed by atoms with Crippen molar-refractivity contribution in [3.05, 3.63) is 34.9 Å². The van der Waals surface area contributed by atoms with Crippen LogP contribution in [0.5, 0.6) is 0 Å². The summed E-state index contributed by atoms with van der Waals surface area (Å²) in [6.07, 6.45) is 2.61. The van der Waals surface area contributed by atoms with Gasteiger partial charge in [0.25, 0.3) is 0 Å². The standard InChI is InChI=1S/C16H25ClN2/c1-16(2)8-5-9-18-15(16)12-19(3)11-13-6-4-7-14(17)10-13/h4,6-7,10,15,18H,5,8-9,11-12H2,1-3H3. The molecule has 1 aliphatic rings. The van der Waals surface area contributed by atoms with Gasteiger partial charge < -0.3 is 10.2 Å². The Morgan fingerprint density at radius 3 is 2.89 bits per heavy atom. The highest BCUT2D eigenvalue weighted by atomic mass is 35.5. The Kier molecular flexibility index (Phi) is 4.88. The van der Waals surface area contributed by atoms with Gasteiger partial charge in [-0.3, -0.25) is 0 Å². The molecule has 1 aliphatic heterocycles. The van der Waals surface area contributed by atoms with Crippen molar-refractivity contribution in [1.29, 1.82) is 0 Å². The molecular formula is C16H25ClN2. The molecule has 2 nitrogen and oxygen atoms in total. The molecule has 0 aliphatic carbocycles. The van der Waals surface area contributed by atoms with Crippen molar-refractivity contribution >= 4 is 11.6 Å². The van der Waals surface area contributed by atoms with Crippen molar-refractivity contribution < 1.29 is 0 Å². The van der Waals surface area contributed by atoms with Crippen LogP contribution < -0.4 is 5.32 Å². The molecule has 1 fully saturated rings. The predicted octanol–water partition coefficient (Wildman–Crippen LogP) is 3.55. The van der Waals surface area contributed by atoms with E-state index in [2.05, 4.69) is 43.2 Å². The number of nitrogens with one attached hydrogen (secondary N) is 1. The summed E-state index contributed by atoms with van der Waals surface area (Å²) >= 11 is 6.03. The molecule has 1 N–H and O–H groups in total. The zero-order valence-corrected chi connectivity index (χ0v) is 13.0. The maximum atomic E-state index is 6.03. The molecule has 106 valence electrons. The average molecular weight is 281 g/mol. The van der Waals surface area contributed by atoms with E-state index >= 15 is 0 Å². The van der Waals surface area contributed by atoms with Crippen molar-refractivity contribution in [2.75, 3.05) is 20.1 Å². The Bertz CT molecular complexity index is 417. The van der Waals surface area contributed by atoms with E-state index in [9.17, 15) is 0 Å². The van der Waals surface area contributed by atoms with Gasteiger partial charge in [-0.25, -0.2) is 0 Å². The number of piperidine rings is 1. The highest BCUT2D eigenvalue weighted by molar-refractivity contribution is 6.30. The van der Waals surface area contributed by atoms with Crippen molar-refractivity contribution in [3.63, 3.8) is 0 Å². The third-order valence-electron chi connectivity index (χ3n) is 4.17. The van der Waals surface area contributed by atoms with E-state index in [0.29, 0.717) is 11.5 Å². The summed E-state index contributed by atoms with van der Waals surface area (Å²) in [5.41, 5.74) is 1.67. The van der Waals surface area contributed by atoms with Crippen LogP contribution in [0.25, 0.3) is 0 Å². The lowest BCUT2D eigenvalue weighted by Crippen LogP contribution is -2.52. The van der Waals surface area contributed by atoms with Crippen LogP contribution in [0.4, 0.5) is 0 Å². The number of likely N-dealkylation sites (N-methyl/N-ethyl adjacent to an activating group) is 1. The molecule has 0 radical (unpaired) electrons. The van der Waals surface area contributed by atoms with E-state index in [4.69, 9.17) is 11.6 Å². The van der Waals surface area contributed by atoms with Gasteiger partial charge in [0.15, 0.2) is 0 Å². The Morgan fingerprint density at radius 1 is 1.42 bits per heavy atom. The largest absolute Gasteiger partial charge is 0.312 e. The first-order chi connectivity index (χ1) is 8.97. The summed E-state index contributed by atoms with van der Waals surface area (Å²) in [5, 5.41) is 4.49. The third-order valence-corrected chi connectivity index (χ3v) is 4.40. The van der Waals surface area contributed by atoms with E-state index in [0.717, 1.165) is 24.7 Å². The van der Waals surface area contributed by atoms with Gasteiger partial charge in [0.05, 0.1) is 0 Å². The van der Waals surface area contributed by atoms with Crippen LogP contribution in [-0.2, 0) is 6.54 Å². The lowest BCUT2D eigenvalue weighted by Gasteiger charge is -2.41. The molecule has 1 unspecified atom stereocenters. The Hall–Kier alpha value is -0.570. The molecule has 19 heavy (non-hydrogen) atoms. The molecule has 1 saturated heterocycles. The van der Waals surface area contributed by atoms with Gasteiger partial charge in [-0.15, -0.1) is 0 Å². The molecule has 0 saturated carbocycles. The van der Waals surface area contributed by atoms with E-state index < -0.39 is 0 Å². The number of hydrogen-bond donors (Lipinski definition) is 1.